The predicted molar refractivity (Wildman–Crippen MR) is 84.4 cm³/mol. The topological polar surface area (TPSA) is 150 Å². The van der Waals surface area contributed by atoms with Crippen LogP contribution in [0.3, 0.4) is 0 Å². The Morgan fingerprint density at radius 2 is 2.12 bits per heavy atom. The number of carbonyl (C=O) groups is 2. The molecular weight excluding hydrogens is 404 g/mol. The summed E-state index contributed by atoms with van der Waals surface area (Å²) in [5.74, 6) is -1.99. The maximum atomic E-state index is 12.3. The third kappa shape index (κ3) is 5.94. The quantitative estimate of drug-likeness (QED) is 0.267. The summed E-state index contributed by atoms with van der Waals surface area (Å²) in [7, 11) is -0.426. The first-order valence-corrected chi connectivity index (χ1v) is 10.7. The number of amides is 1. The zero-order chi connectivity index (χ0) is 18.3. The van der Waals surface area contributed by atoms with E-state index in [1.165, 1.54) is 0 Å². The van der Waals surface area contributed by atoms with Gasteiger partial charge in [0.2, 0.25) is 0 Å². The van der Waals surface area contributed by atoms with Gasteiger partial charge in [-0.25, -0.2) is 0 Å². The van der Waals surface area contributed by atoms with Gasteiger partial charge >= 0.3 is 141 Å². The SMILES string of the molecule is CC(=O)Nc1cc(O)ccc1[As](=O)(O)OC(=O)/C=C\C(CO)P=O. The van der Waals surface area contributed by atoms with Crippen molar-refractivity contribution < 1.29 is 35.9 Å². The molecule has 0 aromatic heterocycles. The van der Waals surface area contributed by atoms with Crippen molar-refractivity contribution in [3.8, 4) is 5.75 Å². The number of hydrogen-bond donors (Lipinski definition) is 4. The molecule has 0 bridgehead atoms. The van der Waals surface area contributed by atoms with Crippen LogP contribution in [0.1, 0.15) is 6.92 Å². The van der Waals surface area contributed by atoms with Gasteiger partial charge in [-0.2, -0.15) is 0 Å². The molecule has 11 heteroatoms. The van der Waals surface area contributed by atoms with E-state index in [-0.39, 0.29) is 15.8 Å². The van der Waals surface area contributed by atoms with Crippen LogP contribution < -0.4 is 9.67 Å². The summed E-state index contributed by atoms with van der Waals surface area (Å²) in [5.41, 5.74) is -0.998. The van der Waals surface area contributed by atoms with Crippen LogP contribution in [0.4, 0.5) is 5.69 Å². The van der Waals surface area contributed by atoms with E-state index in [2.05, 4.69) is 9.04 Å². The number of hydrogen-bond acceptors (Lipinski definition) is 7. The number of carbonyl (C=O) groups excluding carboxylic acids is 2. The number of phenols is 1. The van der Waals surface area contributed by atoms with Crippen LogP contribution in [0.25, 0.3) is 0 Å². The van der Waals surface area contributed by atoms with Crippen molar-refractivity contribution in [3.05, 3.63) is 30.4 Å². The number of benzene rings is 1. The minimum atomic E-state index is -5.38. The molecule has 0 fully saturated rings. The molecule has 0 aliphatic rings. The van der Waals surface area contributed by atoms with Crippen molar-refractivity contribution in [1.82, 2.24) is 0 Å². The number of aromatic hydroxyl groups is 1. The van der Waals surface area contributed by atoms with Gasteiger partial charge in [-0.3, -0.25) is 0 Å². The Kier molecular flexibility index (Phi) is 7.38. The average Bonchev–Trinajstić information content (AvgIpc) is 2.46. The minimum absolute atomic E-state index is 0.157. The number of aliphatic hydroxyl groups excluding tert-OH is 1. The zero-order valence-corrected chi connectivity index (χ0v) is 15.2. The summed E-state index contributed by atoms with van der Waals surface area (Å²) in [4.78, 5) is 22.8. The van der Waals surface area contributed by atoms with Gasteiger partial charge in [0.25, 0.3) is 0 Å². The number of anilines is 1. The molecule has 0 spiro atoms. The summed E-state index contributed by atoms with van der Waals surface area (Å²) < 4.78 is 37.2. The molecule has 130 valence electrons. The third-order valence-corrected chi connectivity index (χ3v) is 6.18. The molecule has 1 aromatic rings. The zero-order valence-electron chi connectivity index (χ0n) is 12.4. The monoisotopic (exact) mass is 419 g/mol. The van der Waals surface area contributed by atoms with Gasteiger partial charge in [-0.1, -0.05) is 0 Å². The first kappa shape index (κ1) is 20.1. The molecule has 0 heterocycles. The van der Waals surface area contributed by atoms with Gasteiger partial charge in [0.05, 0.1) is 0 Å². The fraction of sp³-hybridized carbons (Fsp3) is 0.231. The van der Waals surface area contributed by atoms with E-state index in [0.29, 0.717) is 0 Å². The Morgan fingerprint density at radius 1 is 1.46 bits per heavy atom. The van der Waals surface area contributed by atoms with E-state index in [9.17, 15) is 27.1 Å². The fourth-order valence-corrected chi connectivity index (χ4v) is 4.09. The molecule has 4 N–H and O–H groups in total. The molecule has 0 saturated carbocycles. The van der Waals surface area contributed by atoms with E-state index in [1.807, 2.05) is 0 Å². The average molecular weight is 419 g/mol. The van der Waals surface area contributed by atoms with E-state index in [1.54, 1.807) is 0 Å². The summed E-state index contributed by atoms with van der Waals surface area (Å²) in [6.45, 7) is 0.677. The van der Waals surface area contributed by atoms with Crippen molar-refractivity contribution in [2.75, 3.05) is 11.9 Å². The standard InChI is InChI=1S/C13H15AsNO8P/c1-8(17)15-12-6-9(18)2-4-11(12)14(20,21)23-13(19)5-3-10(7-16)24-22/h2-6,10,16,18H,7H2,1H3,(H,15,17)(H,20,21)/b5-3-. The molecule has 2 unspecified atom stereocenters. The van der Waals surface area contributed by atoms with Crippen molar-refractivity contribution in [2.24, 2.45) is 0 Å². The summed E-state index contributed by atoms with van der Waals surface area (Å²) in [6.07, 6.45) is 1.84. The molecule has 0 aliphatic heterocycles. The van der Waals surface area contributed by atoms with Crippen LogP contribution in [-0.4, -0.2) is 52.6 Å². The van der Waals surface area contributed by atoms with E-state index < -0.39 is 46.8 Å². The fourth-order valence-electron chi connectivity index (χ4n) is 1.58. The Labute approximate surface area is 141 Å². The number of aliphatic hydroxyl groups is 1. The van der Waals surface area contributed by atoms with Crippen molar-refractivity contribution in [1.29, 1.82) is 0 Å². The van der Waals surface area contributed by atoms with E-state index in [0.717, 1.165) is 37.3 Å². The van der Waals surface area contributed by atoms with E-state index >= 15 is 0 Å². The van der Waals surface area contributed by atoms with Gasteiger partial charge in [0, 0.05) is 0 Å². The summed E-state index contributed by atoms with van der Waals surface area (Å²) in [5, 5.41) is 20.5. The summed E-state index contributed by atoms with van der Waals surface area (Å²) >= 11 is -5.38. The van der Waals surface area contributed by atoms with Crippen LogP contribution in [0.15, 0.2) is 30.4 Å². The first-order chi connectivity index (χ1) is 11.2. The van der Waals surface area contributed by atoms with Crippen LogP contribution in [-0.2, 0) is 21.6 Å². The van der Waals surface area contributed by atoms with Crippen LogP contribution in [0.2, 0.25) is 0 Å². The third-order valence-electron chi connectivity index (χ3n) is 2.59. The predicted octanol–water partition coefficient (Wildman–Crippen LogP) is -0.329. The molecule has 24 heavy (non-hydrogen) atoms. The van der Waals surface area contributed by atoms with Gasteiger partial charge in [0.15, 0.2) is 0 Å². The first-order valence-electron chi connectivity index (χ1n) is 6.48. The molecular formula is C13H15AsNO8P. The molecule has 1 aromatic carbocycles. The van der Waals surface area contributed by atoms with Crippen molar-refractivity contribution >= 4 is 44.5 Å². The normalized spacial score (nSPS) is 15.0. The Hall–Kier alpha value is -1.92. The molecule has 9 nitrogen and oxygen atoms in total. The molecule has 0 radical (unpaired) electrons. The molecule has 1 rings (SSSR count). The van der Waals surface area contributed by atoms with Gasteiger partial charge in [0.1, 0.15) is 0 Å². The molecule has 2 atom stereocenters. The Bertz CT molecular complexity index is 720. The molecule has 1 amide bonds. The maximum absolute atomic E-state index is 12.3. The van der Waals surface area contributed by atoms with Crippen LogP contribution in [0, 0.1) is 0 Å². The summed E-state index contributed by atoms with van der Waals surface area (Å²) in [6, 6.07) is 3.21. The second-order valence-electron chi connectivity index (χ2n) is 4.53. The number of phenolic OH excluding ortho intramolecular Hbond substituents is 1. The molecule has 0 saturated heterocycles. The van der Waals surface area contributed by atoms with Crippen molar-refractivity contribution in [2.45, 2.75) is 12.6 Å². The van der Waals surface area contributed by atoms with Crippen molar-refractivity contribution in [3.63, 3.8) is 0 Å². The number of nitrogens with one attached hydrogen (secondary N) is 1. The Balaban J connectivity index is 3.03. The Morgan fingerprint density at radius 3 is 2.67 bits per heavy atom. The van der Waals surface area contributed by atoms with Gasteiger partial charge in [-0.15, -0.1) is 0 Å². The van der Waals surface area contributed by atoms with Crippen LogP contribution >= 0.6 is 8.46 Å². The second kappa shape index (κ2) is 8.80. The van der Waals surface area contributed by atoms with Crippen LogP contribution in [0.5, 0.6) is 5.75 Å². The number of rotatable bonds is 7. The van der Waals surface area contributed by atoms with Gasteiger partial charge < -0.3 is 0 Å². The van der Waals surface area contributed by atoms with E-state index in [4.69, 9.17) is 5.11 Å². The molecule has 0 aliphatic carbocycles. The van der Waals surface area contributed by atoms with Gasteiger partial charge in [-0.05, 0) is 0 Å². The second-order valence-corrected chi connectivity index (χ2v) is 8.98.